The first-order valence-electron chi connectivity index (χ1n) is 11.2. The molecule has 0 spiro atoms. The molecule has 0 unspecified atom stereocenters. The summed E-state index contributed by atoms with van der Waals surface area (Å²) in [5.74, 6) is 0.643. The highest BCUT2D eigenvalue weighted by Crippen LogP contribution is 2.26. The van der Waals surface area contributed by atoms with Gasteiger partial charge in [0, 0.05) is 35.3 Å². The third kappa shape index (κ3) is 5.56. The lowest BCUT2D eigenvalue weighted by atomic mass is 10.1. The molecule has 1 heterocycles. The molecule has 0 bridgehead atoms. The lowest BCUT2D eigenvalue weighted by Crippen LogP contribution is -2.22. The van der Waals surface area contributed by atoms with E-state index in [0.717, 1.165) is 34.4 Å². The maximum absolute atomic E-state index is 12.6. The highest BCUT2D eigenvalue weighted by Gasteiger charge is 2.13. The Morgan fingerprint density at radius 3 is 2.44 bits per heavy atom. The van der Waals surface area contributed by atoms with Crippen molar-refractivity contribution in [1.29, 1.82) is 0 Å². The maximum atomic E-state index is 12.6. The number of nitrogens with zero attached hydrogens (tertiary/aromatic N) is 2. The topological polar surface area (TPSA) is 97.1 Å². The van der Waals surface area contributed by atoms with Crippen LogP contribution >= 0.6 is 0 Å². The van der Waals surface area contributed by atoms with Crippen molar-refractivity contribution >= 4 is 17.5 Å². The average molecular weight is 455 g/mol. The van der Waals surface area contributed by atoms with E-state index in [2.05, 4.69) is 20.8 Å². The molecule has 34 heavy (non-hydrogen) atoms. The van der Waals surface area contributed by atoms with Gasteiger partial charge >= 0.3 is 0 Å². The molecule has 7 heteroatoms. The van der Waals surface area contributed by atoms with Crippen LogP contribution in [-0.4, -0.2) is 22.0 Å². The Bertz CT molecular complexity index is 1300. The molecule has 172 valence electrons. The average Bonchev–Trinajstić information content (AvgIpc) is 3.33. The van der Waals surface area contributed by atoms with Crippen LogP contribution in [0, 0.1) is 6.92 Å². The van der Waals surface area contributed by atoms with Crippen molar-refractivity contribution in [2.45, 2.75) is 33.2 Å². The number of hydrogen-bond acceptors (Lipinski definition) is 5. The fourth-order valence-corrected chi connectivity index (χ4v) is 3.52. The number of anilines is 1. The van der Waals surface area contributed by atoms with Gasteiger partial charge in [-0.05, 0) is 66.9 Å². The van der Waals surface area contributed by atoms with Gasteiger partial charge in [-0.3, -0.25) is 9.59 Å². The SMILES string of the molecule is CCCC(=O)Nc1cccc(CNC(=O)c2ccc(-c3nnc(-c4ccccc4C)o3)cc2)c1. The number of amides is 2. The molecule has 2 amide bonds. The van der Waals surface area contributed by atoms with Gasteiger partial charge in [0.15, 0.2) is 0 Å². The van der Waals surface area contributed by atoms with Gasteiger partial charge in [0.1, 0.15) is 0 Å². The Hall–Kier alpha value is -4.26. The molecular formula is C27H26N4O3. The zero-order valence-corrected chi connectivity index (χ0v) is 19.2. The van der Waals surface area contributed by atoms with E-state index < -0.39 is 0 Å². The monoisotopic (exact) mass is 454 g/mol. The number of hydrogen-bond donors (Lipinski definition) is 2. The summed E-state index contributed by atoms with van der Waals surface area (Å²) in [6.45, 7) is 4.30. The molecule has 0 radical (unpaired) electrons. The molecule has 2 N–H and O–H groups in total. The van der Waals surface area contributed by atoms with Crippen LogP contribution in [0.25, 0.3) is 22.9 Å². The summed E-state index contributed by atoms with van der Waals surface area (Å²) in [5.41, 5.74) is 4.83. The molecular weight excluding hydrogens is 428 g/mol. The van der Waals surface area contributed by atoms with E-state index in [4.69, 9.17) is 4.42 Å². The fraction of sp³-hybridized carbons (Fsp3) is 0.185. The molecule has 7 nitrogen and oxygen atoms in total. The van der Waals surface area contributed by atoms with E-state index in [1.54, 1.807) is 24.3 Å². The van der Waals surface area contributed by atoms with E-state index in [-0.39, 0.29) is 11.8 Å². The summed E-state index contributed by atoms with van der Waals surface area (Å²) < 4.78 is 5.84. The van der Waals surface area contributed by atoms with Gasteiger partial charge in [0.25, 0.3) is 5.91 Å². The van der Waals surface area contributed by atoms with Crippen LogP contribution in [0.5, 0.6) is 0 Å². The first-order valence-corrected chi connectivity index (χ1v) is 11.2. The Balaban J connectivity index is 1.38. The van der Waals surface area contributed by atoms with Crippen LogP contribution < -0.4 is 10.6 Å². The quantitative estimate of drug-likeness (QED) is 0.372. The summed E-state index contributed by atoms with van der Waals surface area (Å²) in [5, 5.41) is 14.1. The molecule has 0 aliphatic rings. The van der Waals surface area contributed by atoms with Crippen molar-refractivity contribution < 1.29 is 14.0 Å². The second kappa shape index (κ2) is 10.6. The van der Waals surface area contributed by atoms with Crippen molar-refractivity contribution in [2.24, 2.45) is 0 Å². The number of carbonyl (C=O) groups is 2. The van der Waals surface area contributed by atoms with Gasteiger partial charge in [-0.25, -0.2) is 0 Å². The molecule has 3 aromatic carbocycles. The fourth-order valence-electron chi connectivity index (χ4n) is 3.52. The number of aromatic nitrogens is 2. The van der Waals surface area contributed by atoms with Crippen molar-refractivity contribution in [1.82, 2.24) is 15.5 Å². The van der Waals surface area contributed by atoms with Gasteiger partial charge < -0.3 is 15.1 Å². The molecule has 4 rings (SSSR count). The number of carbonyl (C=O) groups excluding carboxylic acids is 2. The molecule has 0 saturated carbocycles. The normalized spacial score (nSPS) is 10.6. The minimum absolute atomic E-state index is 0.0176. The molecule has 0 aliphatic heterocycles. The second-order valence-electron chi connectivity index (χ2n) is 7.99. The Morgan fingerprint density at radius 1 is 0.912 bits per heavy atom. The van der Waals surface area contributed by atoms with Crippen LogP contribution in [0.1, 0.15) is 41.3 Å². The van der Waals surface area contributed by atoms with E-state index in [0.29, 0.717) is 30.3 Å². The third-order valence-electron chi connectivity index (χ3n) is 5.34. The zero-order valence-electron chi connectivity index (χ0n) is 19.2. The van der Waals surface area contributed by atoms with Gasteiger partial charge in [-0.1, -0.05) is 37.3 Å². The van der Waals surface area contributed by atoms with Crippen molar-refractivity contribution in [2.75, 3.05) is 5.32 Å². The van der Waals surface area contributed by atoms with E-state index in [9.17, 15) is 9.59 Å². The van der Waals surface area contributed by atoms with E-state index >= 15 is 0 Å². The van der Waals surface area contributed by atoms with Crippen LogP contribution in [0.15, 0.2) is 77.2 Å². The molecule has 4 aromatic rings. The van der Waals surface area contributed by atoms with Crippen LogP contribution in [0.4, 0.5) is 5.69 Å². The van der Waals surface area contributed by atoms with Crippen LogP contribution in [-0.2, 0) is 11.3 Å². The lowest BCUT2D eigenvalue weighted by molar-refractivity contribution is -0.116. The number of benzene rings is 3. The molecule has 0 aliphatic carbocycles. The highest BCUT2D eigenvalue weighted by atomic mass is 16.4. The standard InChI is InChI=1S/C27H26N4O3/c1-3-7-24(32)29-22-10-6-9-19(16-22)17-28-25(33)20-12-14-21(15-13-20)26-30-31-27(34-26)23-11-5-4-8-18(23)2/h4-6,8-16H,3,7,17H2,1-2H3,(H,28,33)(H,29,32). The lowest BCUT2D eigenvalue weighted by Gasteiger charge is -2.09. The summed E-state index contributed by atoms with van der Waals surface area (Å²) >= 11 is 0. The zero-order chi connectivity index (χ0) is 23.9. The van der Waals surface area contributed by atoms with Crippen molar-refractivity contribution in [3.63, 3.8) is 0 Å². The molecule has 0 fully saturated rings. The van der Waals surface area contributed by atoms with Gasteiger partial charge in [0.2, 0.25) is 17.7 Å². The first kappa shape index (κ1) is 22.9. The van der Waals surface area contributed by atoms with Crippen molar-refractivity contribution in [3.05, 3.63) is 89.5 Å². The summed E-state index contributed by atoms with van der Waals surface area (Å²) in [6.07, 6.45) is 1.27. The number of rotatable bonds is 8. The van der Waals surface area contributed by atoms with Crippen LogP contribution in [0.3, 0.4) is 0 Å². The van der Waals surface area contributed by atoms with Gasteiger partial charge in [0.05, 0.1) is 0 Å². The van der Waals surface area contributed by atoms with Gasteiger partial charge in [-0.2, -0.15) is 0 Å². The minimum atomic E-state index is -0.196. The van der Waals surface area contributed by atoms with Crippen LogP contribution in [0.2, 0.25) is 0 Å². The first-order chi connectivity index (χ1) is 16.5. The number of aryl methyl sites for hydroxylation is 1. The largest absolute Gasteiger partial charge is 0.416 e. The molecule has 1 aromatic heterocycles. The molecule has 0 saturated heterocycles. The Labute approximate surface area is 198 Å². The second-order valence-corrected chi connectivity index (χ2v) is 7.99. The van der Waals surface area contributed by atoms with E-state index in [1.165, 1.54) is 0 Å². The Kier molecular flexibility index (Phi) is 7.13. The maximum Gasteiger partial charge on any atom is 0.251 e. The van der Waals surface area contributed by atoms with Crippen molar-refractivity contribution in [3.8, 4) is 22.9 Å². The number of nitrogens with one attached hydrogen (secondary N) is 2. The molecule has 0 atom stereocenters. The summed E-state index contributed by atoms with van der Waals surface area (Å²) in [4.78, 5) is 24.4. The summed E-state index contributed by atoms with van der Waals surface area (Å²) in [7, 11) is 0. The van der Waals surface area contributed by atoms with Gasteiger partial charge in [-0.15, -0.1) is 10.2 Å². The predicted molar refractivity (Wildman–Crippen MR) is 131 cm³/mol. The highest BCUT2D eigenvalue weighted by molar-refractivity contribution is 5.94. The predicted octanol–water partition coefficient (Wildman–Crippen LogP) is 5.38. The van der Waals surface area contributed by atoms with E-state index in [1.807, 2.05) is 62.4 Å². The smallest absolute Gasteiger partial charge is 0.251 e. The summed E-state index contributed by atoms with van der Waals surface area (Å²) in [6, 6.07) is 22.3. The Morgan fingerprint density at radius 2 is 1.68 bits per heavy atom. The minimum Gasteiger partial charge on any atom is -0.416 e. The third-order valence-corrected chi connectivity index (χ3v) is 5.34.